The third-order valence-electron chi connectivity index (χ3n) is 7.19. The summed E-state index contributed by atoms with van der Waals surface area (Å²) >= 11 is 0. The monoisotopic (exact) mass is 542 g/mol. The van der Waals surface area contributed by atoms with Crippen LogP contribution in [0.1, 0.15) is 110 Å². The van der Waals surface area contributed by atoms with E-state index in [1.54, 1.807) is 0 Å². The average molecular weight is 543 g/mol. The summed E-state index contributed by atoms with van der Waals surface area (Å²) in [5.74, 6) is -3.27. The number of hydrogen-bond acceptors (Lipinski definition) is 9. The molecule has 1 fully saturated rings. The number of aliphatic hydroxyl groups is 2. The highest BCUT2D eigenvalue weighted by Gasteiger charge is 2.34. The predicted molar refractivity (Wildman–Crippen MR) is 148 cm³/mol. The number of unbranched alkanes of at least 4 members (excludes halogenated alkanes) is 15. The second-order valence-corrected chi connectivity index (χ2v) is 10.7. The number of carbonyl (C=O) groups excluding carboxylic acids is 3. The Morgan fingerprint density at radius 3 is 1.55 bits per heavy atom. The minimum absolute atomic E-state index is 0.0912. The normalized spacial score (nSPS) is 16.2. The average Bonchev–Trinajstić information content (AvgIpc) is 2.90. The molecular formula is C29H54N2O7. The molecule has 0 radical (unpaired) electrons. The molecule has 2 atom stereocenters. The third kappa shape index (κ3) is 17.1. The topological polar surface area (TPSA) is 117 Å². The molecule has 2 N–H and O–H groups in total. The smallest absolute Gasteiger partial charge is 0.346 e. The van der Waals surface area contributed by atoms with Crippen molar-refractivity contribution in [2.24, 2.45) is 0 Å². The Morgan fingerprint density at radius 1 is 0.658 bits per heavy atom. The van der Waals surface area contributed by atoms with Crippen molar-refractivity contribution in [1.82, 2.24) is 9.80 Å². The number of aliphatic hydroxyl groups excluding tert-OH is 2. The van der Waals surface area contributed by atoms with Crippen LogP contribution in [0.4, 0.5) is 0 Å². The van der Waals surface area contributed by atoms with E-state index in [1.165, 1.54) is 77.0 Å². The summed E-state index contributed by atoms with van der Waals surface area (Å²) in [5.41, 5.74) is 0. The zero-order valence-corrected chi connectivity index (χ0v) is 24.0. The molecule has 9 nitrogen and oxygen atoms in total. The van der Waals surface area contributed by atoms with Crippen molar-refractivity contribution in [3.8, 4) is 0 Å². The number of ether oxygens (including phenoxy) is 2. The lowest BCUT2D eigenvalue weighted by Crippen LogP contribution is -2.47. The molecule has 0 aromatic heterocycles. The molecule has 0 amide bonds. The molecule has 1 heterocycles. The molecule has 0 aromatic rings. The Bertz CT molecular complexity index is 638. The van der Waals surface area contributed by atoms with Crippen LogP contribution in [0.15, 0.2) is 0 Å². The Hall–Kier alpha value is -1.55. The van der Waals surface area contributed by atoms with Gasteiger partial charge >= 0.3 is 17.9 Å². The summed E-state index contributed by atoms with van der Waals surface area (Å²) in [4.78, 5) is 39.8. The Labute approximate surface area is 230 Å². The van der Waals surface area contributed by atoms with Crippen LogP contribution in [0.3, 0.4) is 0 Å². The number of hydrogen-bond donors (Lipinski definition) is 2. The maximum absolute atomic E-state index is 11.9. The minimum Gasteiger partial charge on any atom is -0.464 e. The molecule has 1 saturated heterocycles. The molecule has 1 aliphatic rings. The van der Waals surface area contributed by atoms with Gasteiger partial charge in [-0.15, -0.1) is 0 Å². The molecule has 0 saturated carbocycles. The van der Waals surface area contributed by atoms with Gasteiger partial charge in [-0.1, -0.05) is 103 Å². The molecule has 222 valence electrons. The quantitative estimate of drug-likeness (QED) is 0.120. The molecular weight excluding hydrogens is 488 g/mol. The van der Waals surface area contributed by atoms with Gasteiger partial charge in [0.1, 0.15) is 0 Å². The van der Waals surface area contributed by atoms with Crippen molar-refractivity contribution in [2.45, 2.75) is 122 Å². The first-order valence-corrected chi connectivity index (χ1v) is 15.0. The largest absolute Gasteiger partial charge is 0.464 e. The van der Waals surface area contributed by atoms with E-state index in [-0.39, 0.29) is 13.2 Å². The summed E-state index contributed by atoms with van der Waals surface area (Å²) in [6, 6.07) is 0. The lowest BCUT2D eigenvalue weighted by molar-refractivity contribution is -0.178. The van der Waals surface area contributed by atoms with Crippen LogP contribution in [0.25, 0.3) is 0 Å². The van der Waals surface area contributed by atoms with Crippen LogP contribution in [0.2, 0.25) is 0 Å². The number of carbonyl (C=O) groups is 3. The van der Waals surface area contributed by atoms with Gasteiger partial charge < -0.3 is 24.6 Å². The maximum atomic E-state index is 11.9. The standard InChI is InChI=1S/C29H54N2O7/c1-3-4-5-6-7-8-9-10-11-12-13-14-15-16-17-18-23-37-28(35)26(33)27(34)29(36)38-25(32)24-31-21-19-30(2)20-22-31/h26-27,33-34H,3-24H2,1-2H3. The lowest BCUT2D eigenvalue weighted by Gasteiger charge is -2.31. The van der Waals surface area contributed by atoms with Crippen molar-refractivity contribution in [3.05, 3.63) is 0 Å². The van der Waals surface area contributed by atoms with Crippen molar-refractivity contribution < 1.29 is 34.1 Å². The van der Waals surface area contributed by atoms with E-state index in [2.05, 4.69) is 16.6 Å². The van der Waals surface area contributed by atoms with E-state index in [0.717, 1.165) is 32.4 Å². The SMILES string of the molecule is CCCCCCCCCCCCCCCCCCOC(=O)C(O)C(O)C(=O)OC(=O)CN1CCN(C)CC1. The first-order valence-electron chi connectivity index (χ1n) is 15.0. The molecule has 0 bridgehead atoms. The second-order valence-electron chi connectivity index (χ2n) is 10.7. The van der Waals surface area contributed by atoms with Gasteiger partial charge in [-0.3, -0.25) is 9.69 Å². The number of rotatable bonds is 22. The first kappa shape index (κ1) is 34.5. The summed E-state index contributed by atoms with van der Waals surface area (Å²) in [6.07, 6.45) is 15.6. The van der Waals surface area contributed by atoms with E-state index in [4.69, 9.17) is 4.74 Å². The highest BCUT2D eigenvalue weighted by atomic mass is 16.6. The fraction of sp³-hybridized carbons (Fsp3) is 0.897. The fourth-order valence-corrected chi connectivity index (χ4v) is 4.56. The van der Waals surface area contributed by atoms with Crippen molar-refractivity contribution in [2.75, 3.05) is 46.4 Å². The summed E-state index contributed by atoms with van der Waals surface area (Å²) in [7, 11) is 1.98. The lowest BCUT2D eigenvalue weighted by atomic mass is 10.0. The molecule has 9 heteroatoms. The zero-order valence-electron chi connectivity index (χ0n) is 24.0. The molecule has 0 aromatic carbocycles. The van der Waals surface area contributed by atoms with Gasteiger partial charge in [-0.05, 0) is 13.5 Å². The van der Waals surface area contributed by atoms with Crippen LogP contribution in [-0.4, -0.2) is 96.5 Å². The number of piperazine rings is 1. The van der Waals surface area contributed by atoms with E-state index in [0.29, 0.717) is 19.5 Å². The second kappa shape index (κ2) is 22.3. The fourth-order valence-electron chi connectivity index (χ4n) is 4.56. The van der Waals surface area contributed by atoms with E-state index in [9.17, 15) is 24.6 Å². The van der Waals surface area contributed by atoms with Crippen LogP contribution in [-0.2, 0) is 23.9 Å². The van der Waals surface area contributed by atoms with Gasteiger partial charge in [0, 0.05) is 26.2 Å². The van der Waals surface area contributed by atoms with Gasteiger partial charge in [0.2, 0.25) is 0 Å². The van der Waals surface area contributed by atoms with Crippen molar-refractivity contribution in [1.29, 1.82) is 0 Å². The summed E-state index contributed by atoms with van der Waals surface area (Å²) in [6.45, 7) is 5.20. The number of nitrogens with zero attached hydrogens (tertiary/aromatic N) is 2. The minimum atomic E-state index is -2.16. The van der Waals surface area contributed by atoms with Crippen LogP contribution in [0.5, 0.6) is 0 Å². The van der Waals surface area contributed by atoms with Crippen LogP contribution < -0.4 is 0 Å². The van der Waals surface area contributed by atoms with Crippen LogP contribution >= 0.6 is 0 Å². The van der Waals surface area contributed by atoms with E-state index < -0.39 is 30.1 Å². The highest BCUT2D eigenvalue weighted by molar-refractivity contribution is 5.92. The zero-order chi connectivity index (χ0) is 28.0. The highest BCUT2D eigenvalue weighted by Crippen LogP contribution is 2.14. The van der Waals surface area contributed by atoms with Gasteiger partial charge in [-0.25, -0.2) is 9.59 Å². The molecule has 0 spiro atoms. The summed E-state index contributed by atoms with van der Waals surface area (Å²) < 4.78 is 9.58. The number of esters is 3. The molecule has 1 aliphatic heterocycles. The summed E-state index contributed by atoms with van der Waals surface area (Å²) in [5, 5.41) is 19.8. The number of likely N-dealkylation sites (N-methyl/N-ethyl adjacent to an activating group) is 1. The Balaban J connectivity index is 1.97. The molecule has 0 aliphatic carbocycles. The maximum Gasteiger partial charge on any atom is 0.346 e. The molecule has 38 heavy (non-hydrogen) atoms. The Morgan fingerprint density at radius 2 is 1.08 bits per heavy atom. The molecule has 2 unspecified atom stereocenters. The van der Waals surface area contributed by atoms with Gasteiger partial charge in [0.05, 0.1) is 13.2 Å². The van der Waals surface area contributed by atoms with Crippen LogP contribution in [0, 0.1) is 0 Å². The van der Waals surface area contributed by atoms with Gasteiger partial charge in [0.25, 0.3) is 0 Å². The van der Waals surface area contributed by atoms with Crippen molar-refractivity contribution in [3.63, 3.8) is 0 Å². The van der Waals surface area contributed by atoms with E-state index in [1.807, 2.05) is 11.9 Å². The van der Waals surface area contributed by atoms with Gasteiger partial charge in [0.15, 0.2) is 12.2 Å². The molecule has 1 rings (SSSR count). The Kier molecular flexibility index (Phi) is 20.2. The predicted octanol–water partition coefficient (Wildman–Crippen LogP) is 3.83. The van der Waals surface area contributed by atoms with E-state index >= 15 is 0 Å². The first-order chi connectivity index (χ1) is 18.3. The van der Waals surface area contributed by atoms with Crippen molar-refractivity contribution >= 4 is 17.9 Å². The van der Waals surface area contributed by atoms with Gasteiger partial charge in [-0.2, -0.15) is 0 Å². The third-order valence-corrected chi connectivity index (χ3v) is 7.19.